The highest BCUT2D eigenvalue weighted by Gasteiger charge is 2.24. The maximum atomic E-state index is 9.22. The Bertz CT molecular complexity index is 398. The van der Waals surface area contributed by atoms with E-state index in [1.165, 1.54) is 19.3 Å². The van der Waals surface area contributed by atoms with E-state index in [0.717, 1.165) is 44.0 Å². The first-order valence-electron chi connectivity index (χ1n) is 7.12. The summed E-state index contributed by atoms with van der Waals surface area (Å²) in [5.74, 6) is 2.56. The van der Waals surface area contributed by atoms with Crippen molar-refractivity contribution in [1.82, 2.24) is 20.1 Å². The van der Waals surface area contributed by atoms with Crippen molar-refractivity contribution in [3.05, 3.63) is 11.6 Å². The summed E-state index contributed by atoms with van der Waals surface area (Å²) < 4.78 is 2.27. The van der Waals surface area contributed by atoms with Gasteiger partial charge >= 0.3 is 0 Å². The van der Waals surface area contributed by atoms with Gasteiger partial charge < -0.3 is 15.0 Å². The van der Waals surface area contributed by atoms with Gasteiger partial charge in [-0.15, -0.1) is 10.2 Å². The lowest BCUT2D eigenvalue weighted by Gasteiger charge is -2.25. The van der Waals surface area contributed by atoms with Gasteiger partial charge in [-0.1, -0.05) is 6.42 Å². The normalized spacial score (nSPS) is 28.1. The number of aliphatic hydroxyl groups excluding tert-OH is 1. The molecular formula is C13H22N4O. The van der Waals surface area contributed by atoms with Gasteiger partial charge in [0, 0.05) is 32.0 Å². The molecule has 1 aromatic rings. The van der Waals surface area contributed by atoms with Crippen LogP contribution in [0.5, 0.6) is 0 Å². The Hall–Kier alpha value is -0.940. The van der Waals surface area contributed by atoms with Gasteiger partial charge in [0.05, 0.1) is 0 Å². The largest absolute Gasteiger partial charge is 0.396 e. The Balaban J connectivity index is 1.68. The summed E-state index contributed by atoms with van der Waals surface area (Å²) in [6.45, 7) is 2.38. The summed E-state index contributed by atoms with van der Waals surface area (Å²) in [4.78, 5) is 0. The SMILES string of the molecule is OCC1CCn2c(nnc2CC2CCCCN2)C1. The molecular weight excluding hydrogens is 228 g/mol. The van der Waals surface area contributed by atoms with Crippen LogP contribution < -0.4 is 5.32 Å². The topological polar surface area (TPSA) is 63.0 Å². The Morgan fingerprint density at radius 3 is 3.00 bits per heavy atom. The molecule has 2 N–H and O–H groups in total. The van der Waals surface area contributed by atoms with Crippen LogP contribution in [0.2, 0.25) is 0 Å². The quantitative estimate of drug-likeness (QED) is 0.821. The fourth-order valence-electron chi connectivity index (χ4n) is 3.08. The lowest BCUT2D eigenvalue weighted by atomic mass is 9.98. The molecule has 5 heteroatoms. The molecule has 0 amide bonds. The first-order valence-corrected chi connectivity index (χ1v) is 7.12. The summed E-state index contributed by atoms with van der Waals surface area (Å²) in [6, 6.07) is 0.572. The van der Waals surface area contributed by atoms with Crippen molar-refractivity contribution in [2.45, 2.75) is 51.1 Å². The average Bonchev–Trinajstić information content (AvgIpc) is 2.82. The summed E-state index contributed by atoms with van der Waals surface area (Å²) in [5.41, 5.74) is 0. The summed E-state index contributed by atoms with van der Waals surface area (Å²) in [5, 5.41) is 21.4. The minimum Gasteiger partial charge on any atom is -0.396 e. The Kier molecular flexibility index (Phi) is 3.61. The van der Waals surface area contributed by atoms with E-state index in [4.69, 9.17) is 0 Å². The molecule has 18 heavy (non-hydrogen) atoms. The van der Waals surface area contributed by atoms with Crippen molar-refractivity contribution in [3.8, 4) is 0 Å². The second-order valence-corrected chi connectivity index (χ2v) is 5.58. The number of aliphatic hydroxyl groups is 1. The van der Waals surface area contributed by atoms with Crippen LogP contribution in [0.3, 0.4) is 0 Å². The fourth-order valence-corrected chi connectivity index (χ4v) is 3.08. The number of nitrogens with zero attached hydrogens (tertiary/aromatic N) is 3. The molecule has 0 radical (unpaired) electrons. The van der Waals surface area contributed by atoms with Crippen molar-refractivity contribution in [1.29, 1.82) is 0 Å². The zero-order chi connectivity index (χ0) is 12.4. The standard InChI is InChI=1S/C13H22N4O/c18-9-10-4-6-17-12(7-10)15-16-13(17)8-11-3-1-2-5-14-11/h10-11,14,18H,1-9H2. The first-order chi connectivity index (χ1) is 8.86. The predicted molar refractivity (Wildman–Crippen MR) is 68.3 cm³/mol. The Morgan fingerprint density at radius 1 is 1.28 bits per heavy atom. The molecule has 5 nitrogen and oxygen atoms in total. The highest BCUT2D eigenvalue weighted by atomic mass is 16.3. The summed E-state index contributed by atoms with van der Waals surface area (Å²) in [6.07, 6.45) is 6.80. The number of hydrogen-bond acceptors (Lipinski definition) is 4. The molecule has 2 aliphatic heterocycles. The van der Waals surface area contributed by atoms with Crippen LogP contribution in [0.1, 0.15) is 37.3 Å². The second-order valence-electron chi connectivity index (χ2n) is 5.58. The fraction of sp³-hybridized carbons (Fsp3) is 0.846. The second kappa shape index (κ2) is 5.36. The van der Waals surface area contributed by atoms with Gasteiger partial charge in [0.25, 0.3) is 0 Å². The molecule has 1 aromatic heterocycles. The number of fused-ring (bicyclic) bond motifs is 1. The summed E-state index contributed by atoms with van der Waals surface area (Å²) in [7, 11) is 0. The van der Waals surface area contributed by atoms with Crippen LogP contribution in [-0.4, -0.2) is 39.1 Å². The Labute approximate surface area is 108 Å². The number of piperidine rings is 1. The average molecular weight is 250 g/mol. The molecule has 100 valence electrons. The van der Waals surface area contributed by atoms with Crippen LogP contribution in [0.4, 0.5) is 0 Å². The number of hydrogen-bond donors (Lipinski definition) is 2. The number of aromatic nitrogens is 3. The molecule has 3 heterocycles. The summed E-state index contributed by atoms with van der Waals surface area (Å²) >= 11 is 0. The molecule has 0 saturated carbocycles. The smallest absolute Gasteiger partial charge is 0.134 e. The number of nitrogens with one attached hydrogen (secondary N) is 1. The lowest BCUT2D eigenvalue weighted by molar-refractivity contribution is 0.198. The van der Waals surface area contributed by atoms with Gasteiger partial charge in [0.15, 0.2) is 0 Å². The molecule has 0 aromatic carbocycles. The predicted octanol–water partition coefficient (Wildman–Crippen LogP) is 0.517. The van der Waals surface area contributed by atoms with Crippen LogP contribution in [0.15, 0.2) is 0 Å². The van der Waals surface area contributed by atoms with Crippen molar-refractivity contribution >= 4 is 0 Å². The maximum Gasteiger partial charge on any atom is 0.134 e. The van der Waals surface area contributed by atoms with E-state index < -0.39 is 0 Å². The van der Waals surface area contributed by atoms with E-state index in [1.54, 1.807) is 0 Å². The van der Waals surface area contributed by atoms with Crippen molar-refractivity contribution in [2.24, 2.45) is 5.92 Å². The highest BCUT2D eigenvalue weighted by Crippen LogP contribution is 2.21. The third-order valence-electron chi connectivity index (χ3n) is 4.24. The molecule has 3 rings (SSSR count). The van der Waals surface area contributed by atoms with Gasteiger partial charge in [-0.2, -0.15) is 0 Å². The van der Waals surface area contributed by atoms with E-state index in [-0.39, 0.29) is 6.61 Å². The minimum atomic E-state index is 0.270. The Morgan fingerprint density at radius 2 is 2.22 bits per heavy atom. The lowest BCUT2D eigenvalue weighted by Crippen LogP contribution is -2.36. The van der Waals surface area contributed by atoms with E-state index >= 15 is 0 Å². The van der Waals surface area contributed by atoms with Gasteiger partial charge in [0.1, 0.15) is 11.6 Å². The third kappa shape index (κ3) is 2.42. The van der Waals surface area contributed by atoms with E-state index in [0.29, 0.717) is 12.0 Å². The van der Waals surface area contributed by atoms with E-state index in [1.807, 2.05) is 0 Å². The minimum absolute atomic E-state index is 0.270. The van der Waals surface area contributed by atoms with Gasteiger partial charge in [-0.3, -0.25) is 0 Å². The van der Waals surface area contributed by atoms with Gasteiger partial charge in [-0.25, -0.2) is 0 Å². The zero-order valence-corrected chi connectivity index (χ0v) is 10.8. The van der Waals surface area contributed by atoms with Gasteiger partial charge in [0.2, 0.25) is 0 Å². The van der Waals surface area contributed by atoms with Crippen LogP contribution in [-0.2, 0) is 19.4 Å². The molecule has 0 spiro atoms. The molecule has 2 aliphatic rings. The van der Waals surface area contributed by atoms with Crippen molar-refractivity contribution in [3.63, 3.8) is 0 Å². The van der Waals surface area contributed by atoms with Crippen LogP contribution in [0.25, 0.3) is 0 Å². The van der Waals surface area contributed by atoms with Crippen molar-refractivity contribution < 1.29 is 5.11 Å². The first kappa shape index (κ1) is 12.1. The number of rotatable bonds is 3. The zero-order valence-electron chi connectivity index (χ0n) is 10.8. The van der Waals surface area contributed by atoms with Crippen molar-refractivity contribution in [2.75, 3.05) is 13.2 Å². The van der Waals surface area contributed by atoms with Crippen LogP contribution in [0, 0.1) is 5.92 Å². The van der Waals surface area contributed by atoms with Crippen LogP contribution >= 0.6 is 0 Å². The molecule has 2 unspecified atom stereocenters. The van der Waals surface area contributed by atoms with E-state index in [9.17, 15) is 5.11 Å². The highest BCUT2D eigenvalue weighted by molar-refractivity contribution is 5.02. The molecule has 2 atom stereocenters. The third-order valence-corrected chi connectivity index (χ3v) is 4.24. The van der Waals surface area contributed by atoms with E-state index in [2.05, 4.69) is 20.1 Å². The maximum absolute atomic E-state index is 9.22. The molecule has 0 aliphatic carbocycles. The molecule has 1 fully saturated rings. The molecule has 1 saturated heterocycles. The van der Waals surface area contributed by atoms with Gasteiger partial charge in [-0.05, 0) is 31.7 Å². The molecule has 0 bridgehead atoms. The monoisotopic (exact) mass is 250 g/mol.